The van der Waals surface area contributed by atoms with Crippen molar-refractivity contribution in [1.29, 1.82) is 0 Å². The molecule has 0 bridgehead atoms. The molecule has 1 N–H and O–H groups in total. The second kappa shape index (κ2) is 9.77. The van der Waals surface area contributed by atoms with E-state index in [-0.39, 0.29) is 24.6 Å². The molecule has 1 fully saturated rings. The van der Waals surface area contributed by atoms with Gasteiger partial charge in [0.1, 0.15) is 0 Å². The van der Waals surface area contributed by atoms with Gasteiger partial charge in [-0.1, -0.05) is 24.3 Å². The molecule has 1 heterocycles. The maximum atomic E-state index is 10.9. The highest BCUT2D eigenvalue weighted by Crippen LogP contribution is 2.28. The minimum Gasteiger partial charge on any atom is -0.469 e. The van der Waals surface area contributed by atoms with Gasteiger partial charge in [-0.3, -0.25) is 4.79 Å². The lowest BCUT2D eigenvalue weighted by atomic mass is 9.98. The Hall–Kier alpha value is -1.17. The zero-order valence-electron chi connectivity index (χ0n) is 13.8. The van der Waals surface area contributed by atoms with E-state index in [4.69, 9.17) is 14.6 Å². The Morgan fingerprint density at radius 1 is 1.41 bits per heavy atom. The smallest absolute Gasteiger partial charge is 0.305 e. The third-order valence-electron chi connectivity index (χ3n) is 3.53. The number of hydrogen-bond acceptors (Lipinski definition) is 5. The SMILES string of the molecule is COC(=O)CCC/C=C\C=C\[C@H]1COC(C)(C)O[C@@H]1CCO. The van der Waals surface area contributed by atoms with Crippen LogP contribution in [0.2, 0.25) is 0 Å². The molecule has 0 aromatic rings. The van der Waals surface area contributed by atoms with Crippen LogP contribution in [0.4, 0.5) is 0 Å². The third-order valence-corrected chi connectivity index (χ3v) is 3.53. The number of aliphatic hydroxyl groups excluding tert-OH is 1. The van der Waals surface area contributed by atoms with Crippen molar-refractivity contribution >= 4 is 5.97 Å². The van der Waals surface area contributed by atoms with E-state index in [0.717, 1.165) is 12.8 Å². The average molecular weight is 312 g/mol. The van der Waals surface area contributed by atoms with E-state index >= 15 is 0 Å². The van der Waals surface area contributed by atoms with Crippen molar-refractivity contribution in [1.82, 2.24) is 0 Å². The van der Waals surface area contributed by atoms with Crippen molar-refractivity contribution in [2.45, 2.75) is 51.4 Å². The monoisotopic (exact) mass is 312 g/mol. The van der Waals surface area contributed by atoms with E-state index in [1.807, 2.05) is 38.2 Å². The lowest BCUT2D eigenvalue weighted by molar-refractivity contribution is -0.288. The standard InChI is InChI=1S/C17H28O5/c1-17(2)21-13-14(15(22-17)11-12-18)9-7-5-4-6-8-10-16(19)20-3/h4-5,7,9,14-15,18H,6,8,10-13H2,1-3H3/b5-4-,9-7+/t14-,15+/m0/s1. The van der Waals surface area contributed by atoms with Crippen LogP contribution in [-0.4, -0.2) is 43.3 Å². The highest BCUT2D eigenvalue weighted by Gasteiger charge is 2.34. The Morgan fingerprint density at radius 2 is 2.18 bits per heavy atom. The molecule has 2 atom stereocenters. The highest BCUT2D eigenvalue weighted by atomic mass is 16.7. The summed E-state index contributed by atoms with van der Waals surface area (Å²) in [6.07, 6.45) is 10.6. The first-order valence-corrected chi connectivity index (χ1v) is 7.81. The summed E-state index contributed by atoms with van der Waals surface area (Å²) in [5.41, 5.74) is 0. The Bertz CT molecular complexity index is 387. The molecule has 0 spiro atoms. The van der Waals surface area contributed by atoms with Crippen molar-refractivity contribution in [2.75, 3.05) is 20.3 Å². The highest BCUT2D eigenvalue weighted by molar-refractivity contribution is 5.69. The van der Waals surface area contributed by atoms with E-state index in [9.17, 15) is 4.79 Å². The van der Waals surface area contributed by atoms with Crippen molar-refractivity contribution in [2.24, 2.45) is 5.92 Å². The second-order valence-corrected chi connectivity index (χ2v) is 5.82. The Morgan fingerprint density at radius 3 is 2.86 bits per heavy atom. The van der Waals surface area contributed by atoms with Gasteiger partial charge in [0.15, 0.2) is 5.79 Å². The van der Waals surface area contributed by atoms with Crippen LogP contribution in [0.15, 0.2) is 24.3 Å². The Labute approximate surface area is 132 Å². The maximum absolute atomic E-state index is 10.9. The molecule has 1 saturated heterocycles. The molecule has 126 valence electrons. The molecule has 0 aromatic carbocycles. The van der Waals surface area contributed by atoms with Gasteiger partial charge in [0.25, 0.3) is 0 Å². The van der Waals surface area contributed by atoms with Gasteiger partial charge < -0.3 is 19.3 Å². The van der Waals surface area contributed by atoms with E-state index in [1.54, 1.807) is 0 Å². The van der Waals surface area contributed by atoms with Gasteiger partial charge in [-0.25, -0.2) is 0 Å². The predicted octanol–water partition coefficient (Wildman–Crippen LogP) is 2.59. The Kier molecular flexibility index (Phi) is 8.38. The molecule has 1 aliphatic heterocycles. The normalized spacial score (nSPS) is 24.9. The number of hydrogen-bond donors (Lipinski definition) is 1. The van der Waals surface area contributed by atoms with Crippen molar-refractivity contribution in [3.05, 3.63) is 24.3 Å². The number of ether oxygens (including phenoxy) is 3. The molecule has 5 heteroatoms. The summed E-state index contributed by atoms with van der Waals surface area (Å²) in [4.78, 5) is 10.9. The van der Waals surface area contributed by atoms with Gasteiger partial charge in [-0.05, 0) is 33.1 Å². The summed E-state index contributed by atoms with van der Waals surface area (Å²) in [7, 11) is 1.40. The minimum absolute atomic E-state index is 0.0299. The van der Waals surface area contributed by atoms with Gasteiger partial charge >= 0.3 is 5.97 Å². The molecular weight excluding hydrogens is 284 g/mol. The summed E-state index contributed by atoms with van der Waals surface area (Å²) < 4.78 is 16.1. The third kappa shape index (κ3) is 7.20. The first kappa shape index (κ1) is 18.9. The molecule has 0 aliphatic carbocycles. The van der Waals surface area contributed by atoms with Gasteiger partial charge in [0.2, 0.25) is 0 Å². The summed E-state index contributed by atoms with van der Waals surface area (Å²) in [6, 6.07) is 0. The number of esters is 1. The fourth-order valence-electron chi connectivity index (χ4n) is 2.32. The second-order valence-electron chi connectivity index (χ2n) is 5.82. The molecule has 0 aromatic heterocycles. The molecule has 0 amide bonds. The largest absolute Gasteiger partial charge is 0.469 e. The number of allylic oxidation sites excluding steroid dienone is 3. The van der Waals surface area contributed by atoms with Crippen molar-refractivity contribution in [3.8, 4) is 0 Å². The van der Waals surface area contributed by atoms with Crippen LogP contribution in [0, 0.1) is 5.92 Å². The molecule has 0 saturated carbocycles. The van der Waals surface area contributed by atoms with E-state index in [1.165, 1.54) is 7.11 Å². The van der Waals surface area contributed by atoms with Crippen LogP contribution in [0.1, 0.15) is 39.5 Å². The number of unbranched alkanes of at least 4 members (excludes halogenated alkanes) is 1. The first-order chi connectivity index (χ1) is 10.5. The maximum Gasteiger partial charge on any atom is 0.305 e. The number of rotatable bonds is 8. The van der Waals surface area contributed by atoms with Crippen LogP contribution in [0.3, 0.4) is 0 Å². The first-order valence-electron chi connectivity index (χ1n) is 7.81. The van der Waals surface area contributed by atoms with Gasteiger partial charge in [-0.15, -0.1) is 0 Å². The Balaban J connectivity index is 2.35. The summed E-state index contributed by atoms with van der Waals surface area (Å²) in [6.45, 7) is 4.47. The summed E-state index contributed by atoms with van der Waals surface area (Å²) in [5, 5.41) is 9.14. The molecule has 1 rings (SSSR count). The van der Waals surface area contributed by atoms with E-state index < -0.39 is 5.79 Å². The fourth-order valence-corrected chi connectivity index (χ4v) is 2.32. The van der Waals surface area contributed by atoms with Crippen LogP contribution < -0.4 is 0 Å². The minimum atomic E-state index is -0.589. The predicted molar refractivity (Wildman–Crippen MR) is 84.2 cm³/mol. The van der Waals surface area contributed by atoms with Crippen LogP contribution in [0.25, 0.3) is 0 Å². The van der Waals surface area contributed by atoms with E-state index in [2.05, 4.69) is 4.74 Å². The lowest BCUT2D eigenvalue weighted by Gasteiger charge is -2.40. The topological polar surface area (TPSA) is 65.0 Å². The zero-order valence-corrected chi connectivity index (χ0v) is 13.8. The lowest BCUT2D eigenvalue weighted by Crippen LogP contribution is -2.45. The van der Waals surface area contributed by atoms with Crippen molar-refractivity contribution < 1.29 is 24.1 Å². The molecular formula is C17H28O5. The molecule has 1 aliphatic rings. The number of methoxy groups -OCH3 is 1. The molecule has 0 unspecified atom stereocenters. The summed E-state index contributed by atoms with van der Waals surface area (Å²) in [5.74, 6) is -0.622. The van der Waals surface area contributed by atoms with Crippen LogP contribution >= 0.6 is 0 Å². The van der Waals surface area contributed by atoms with Crippen LogP contribution in [0.5, 0.6) is 0 Å². The molecule has 22 heavy (non-hydrogen) atoms. The summed E-state index contributed by atoms with van der Waals surface area (Å²) >= 11 is 0. The fraction of sp³-hybridized carbons (Fsp3) is 0.706. The molecule has 0 radical (unpaired) electrons. The number of aliphatic hydroxyl groups is 1. The molecule has 5 nitrogen and oxygen atoms in total. The number of carbonyl (C=O) groups excluding carboxylic acids is 1. The van der Waals surface area contributed by atoms with E-state index in [0.29, 0.717) is 19.4 Å². The van der Waals surface area contributed by atoms with Gasteiger partial charge in [0, 0.05) is 18.9 Å². The zero-order chi connectivity index (χ0) is 16.4. The quantitative estimate of drug-likeness (QED) is 0.424. The number of carbonyl (C=O) groups is 1. The van der Waals surface area contributed by atoms with Crippen molar-refractivity contribution in [3.63, 3.8) is 0 Å². The van der Waals surface area contributed by atoms with Gasteiger partial charge in [-0.2, -0.15) is 0 Å². The van der Waals surface area contributed by atoms with Gasteiger partial charge in [0.05, 0.1) is 19.8 Å². The van der Waals surface area contributed by atoms with Crippen LogP contribution in [-0.2, 0) is 19.0 Å². The average Bonchev–Trinajstić information content (AvgIpc) is 2.47.